The van der Waals surface area contributed by atoms with E-state index in [1.165, 1.54) is 51.5 Å². The Bertz CT molecular complexity index is 754. The van der Waals surface area contributed by atoms with Gasteiger partial charge in [0.25, 0.3) is 0 Å². The van der Waals surface area contributed by atoms with E-state index in [0.717, 1.165) is 5.92 Å². The number of aliphatic hydroxyl groups excluding tert-OH is 1. The van der Waals surface area contributed by atoms with Gasteiger partial charge in [-0.2, -0.15) is 0 Å². The molecule has 0 amide bonds. The highest BCUT2D eigenvalue weighted by atomic mass is 16.8. The first-order valence-electron chi connectivity index (χ1n) is 11.9. The molecule has 2 aliphatic heterocycles. The summed E-state index contributed by atoms with van der Waals surface area (Å²) in [7, 11) is 2.40. The Hall–Kier alpha value is -0.160. The summed E-state index contributed by atoms with van der Waals surface area (Å²) in [4.78, 5) is 2.75. The van der Waals surface area contributed by atoms with Gasteiger partial charge in [0.1, 0.15) is 5.60 Å². The quantitative estimate of drug-likeness (QED) is 0.692. The zero-order valence-electron chi connectivity index (χ0n) is 18.0. The van der Waals surface area contributed by atoms with Crippen molar-refractivity contribution in [2.24, 2.45) is 39.9 Å². The standard InChI is InChI=1S/C24H37NO3/c1-20(2)27-13-24(28-20)14-6-9-22(19(24)26)15-11-16-21(3)7-5-8-23(16,17(22)10-14)18(15)25(4)12-21/h14-19,26H,5-13H2,1-4H3/t14-,15-,16+,17+,18+,19-,21-,22-,23-,24-/m0/s1. The molecule has 0 aromatic carbocycles. The van der Waals surface area contributed by atoms with Gasteiger partial charge >= 0.3 is 0 Å². The summed E-state index contributed by atoms with van der Waals surface area (Å²) < 4.78 is 12.7. The Balaban J connectivity index is 1.39. The number of rotatable bonds is 0. The smallest absolute Gasteiger partial charge is 0.163 e. The maximum absolute atomic E-state index is 12.1. The summed E-state index contributed by atoms with van der Waals surface area (Å²) in [5.41, 5.74) is 0.565. The average Bonchev–Trinajstić information content (AvgIpc) is 3.20. The molecule has 6 aliphatic carbocycles. The molecule has 2 heterocycles. The number of likely N-dealkylation sites (tertiary alicyclic amines) is 1. The van der Waals surface area contributed by atoms with Crippen LogP contribution in [0.4, 0.5) is 0 Å². The number of nitrogens with zero attached hydrogens (tertiary/aromatic N) is 1. The molecule has 28 heavy (non-hydrogen) atoms. The summed E-state index contributed by atoms with van der Waals surface area (Å²) in [6.45, 7) is 8.49. The third kappa shape index (κ3) is 1.54. The van der Waals surface area contributed by atoms with Gasteiger partial charge in [-0.05, 0) is 93.9 Å². The Morgan fingerprint density at radius 3 is 2.57 bits per heavy atom. The summed E-state index contributed by atoms with van der Waals surface area (Å²) in [5.74, 6) is 2.13. The highest BCUT2D eigenvalue weighted by Crippen LogP contribution is 2.84. The minimum atomic E-state index is -0.559. The lowest BCUT2D eigenvalue weighted by Crippen LogP contribution is -2.72. The van der Waals surface area contributed by atoms with Crippen LogP contribution in [-0.2, 0) is 9.47 Å². The van der Waals surface area contributed by atoms with Crippen LogP contribution >= 0.6 is 0 Å². The fourth-order valence-corrected chi connectivity index (χ4v) is 11.3. The number of piperidine rings is 1. The lowest BCUT2D eigenvalue weighted by Gasteiger charge is -2.69. The van der Waals surface area contributed by atoms with Crippen molar-refractivity contribution in [3.05, 3.63) is 0 Å². The summed E-state index contributed by atoms with van der Waals surface area (Å²) in [6, 6.07) is 0.690. The molecule has 2 saturated heterocycles. The topological polar surface area (TPSA) is 41.9 Å². The van der Waals surface area contributed by atoms with Crippen LogP contribution in [-0.4, -0.2) is 53.7 Å². The molecule has 0 aromatic rings. The maximum Gasteiger partial charge on any atom is 0.163 e. The van der Waals surface area contributed by atoms with Crippen LogP contribution in [0.3, 0.4) is 0 Å². The molecule has 6 saturated carbocycles. The molecule has 8 fully saturated rings. The van der Waals surface area contributed by atoms with Crippen molar-refractivity contribution in [2.45, 2.75) is 89.3 Å². The van der Waals surface area contributed by atoms with E-state index < -0.39 is 11.4 Å². The maximum atomic E-state index is 12.1. The molecule has 156 valence electrons. The van der Waals surface area contributed by atoms with Crippen molar-refractivity contribution >= 4 is 0 Å². The first-order valence-corrected chi connectivity index (χ1v) is 11.9. The van der Waals surface area contributed by atoms with Crippen molar-refractivity contribution in [1.82, 2.24) is 4.90 Å². The fraction of sp³-hybridized carbons (Fsp3) is 1.00. The molecule has 0 unspecified atom stereocenters. The Morgan fingerprint density at radius 2 is 1.82 bits per heavy atom. The highest BCUT2D eigenvalue weighted by molar-refractivity contribution is 5.34. The van der Waals surface area contributed by atoms with Crippen LogP contribution in [0.5, 0.6) is 0 Å². The molecule has 3 spiro atoms. The molecule has 10 atom stereocenters. The Morgan fingerprint density at radius 1 is 1.00 bits per heavy atom. The van der Waals surface area contributed by atoms with Crippen molar-refractivity contribution in [1.29, 1.82) is 0 Å². The van der Waals surface area contributed by atoms with Crippen LogP contribution in [0, 0.1) is 39.9 Å². The first-order chi connectivity index (χ1) is 13.2. The Labute approximate surface area is 169 Å². The molecular weight excluding hydrogens is 350 g/mol. The molecule has 0 radical (unpaired) electrons. The van der Waals surface area contributed by atoms with E-state index in [1.54, 1.807) is 0 Å². The molecule has 4 nitrogen and oxygen atoms in total. The largest absolute Gasteiger partial charge is 0.389 e. The van der Waals surface area contributed by atoms with Crippen molar-refractivity contribution < 1.29 is 14.6 Å². The van der Waals surface area contributed by atoms with Gasteiger partial charge in [0.05, 0.1) is 12.7 Å². The van der Waals surface area contributed by atoms with Gasteiger partial charge in [0.15, 0.2) is 5.79 Å². The SMILES string of the molecule is CN1C[C@]2(C)CCC[C@@]34[C@@H]5C[C@@H]6CC[C@]5([C@H](O)[C@]65COC(C)(C)O5)[C@@H](C[C@H]23)[C@@H]14. The van der Waals surface area contributed by atoms with Crippen LogP contribution in [0.15, 0.2) is 0 Å². The van der Waals surface area contributed by atoms with Crippen LogP contribution in [0.1, 0.15) is 65.7 Å². The van der Waals surface area contributed by atoms with Gasteiger partial charge in [-0.1, -0.05) is 13.3 Å². The van der Waals surface area contributed by atoms with Crippen LogP contribution in [0.25, 0.3) is 0 Å². The van der Waals surface area contributed by atoms with Gasteiger partial charge in [-0.15, -0.1) is 0 Å². The zero-order chi connectivity index (χ0) is 19.3. The van der Waals surface area contributed by atoms with Crippen molar-refractivity contribution in [2.75, 3.05) is 20.2 Å². The van der Waals surface area contributed by atoms with Crippen molar-refractivity contribution in [3.63, 3.8) is 0 Å². The second kappa shape index (κ2) is 4.69. The van der Waals surface area contributed by atoms with Gasteiger partial charge < -0.3 is 19.5 Å². The van der Waals surface area contributed by atoms with Crippen LogP contribution in [0.2, 0.25) is 0 Å². The molecule has 8 aliphatic rings. The minimum absolute atomic E-state index is 0.0660. The van der Waals surface area contributed by atoms with E-state index >= 15 is 0 Å². The van der Waals surface area contributed by atoms with E-state index in [2.05, 4.69) is 18.9 Å². The molecular formula is C24H37NO3. The molecule has 7 bridgehead atoms. The van der Waals surface area contributed by atoms with Gasteiger partial charge in [0, 0.05) is 18.0 Å². The third-order valence-corrected chi connectivity index (χ3v) is 11.5. The third-order valence-electron chi connectivity index (χ3n) is 11.5. The molecule has 4 heteroatoms. The van der Waals surface area contributed by atoms with E-state index in [0.29, 0.717) is 41.2 Å². The first kappa shape index (κ1) is 17.5. The minimum Gasteiger partial charge on any atom is -0.389 e. The number of aliphatic hydroxyl groups is 1. The van der Waals surface area contributed by atoms with Crippen LogP contribution < -0.4 is 0 Å². The lowest BCUT2D eigenvalue weighted by atomic mass is 9.38. The molecule has 0 aromatic heterocycles. The predicted molar refractivity (Wildman–Crippen MR) is 106 cm³/mol. The normalized spacial score (nSPS) is 65.9. The number of fused-ring (bicyclic) bond motifs is 1. The molecule has 8 rings (SSSR count). The summed E-state index contributed by atoms with van der Waals surface area (Å²) in [5, 5.41) is 12.1. The predicted octanol–water partition coefficient (Wildman–Crippen LogP) is 3.43. The number of hydrogen-bond acceptors (Lipinski definition) is 4. The molecule has 1 N–H and O–H groups in total. The van der Waals surface area contributed by atoms with E-state index in [1.807, 2.05) is 13.8 Å². The lowest BCUT2D eigenvalue weighted by molar-refractivity contribution is -0.295. The van der Waals surface area contributed by atoms with Gasteiger partial charge in [-0.3, -0.25) is 0 Å². The fourth-order valence-electron chi connectivity index (χ4n) is 11.3. The summed E-state index contributed by atoms with van der Waals surface area (Å²) >= 11 is 0. The van der Waals surface area contributed by atoms with Gasteiger partial charge in [-0.25, -0.2) is 0 Å². The monoisotopic (exact) mass is 387 g/mol. The van der Waals surface area contributed by atoms with Gasteiger partial charge in [0.2, 0.25) is 0 Å². The number of ether oxygens (including phenoxy) is 2. The van der Waals surface area contributed by atoms with E-state index in [9.17, 15) is 5.11 Å². The number of hydrogen-bond donors (Lipinski definition) is 1. The second-order valence-electron chi connectivity index (χ2n) is 12.7. The van der Waals surface area contributed by atoms with E-state index in [4.69, 9.17) is 9.47 Å². The van der Waals surface area contributed by atoms with Crippen molar-refractivity contribution in [3.8, 4) is 0 Å². The summed E-state index contributed by atoms with van der Waals surface area (Å²) in [6.07, 6.45) is 8.91. The highest BCUT2D eigenvalue weighted by Gasteiger charge is 2.85. The second-order valence-corrected chi connectivity index (χ2v) is 12.7. The average molecular weight is 388 g/mol. The zero-order valence-corrected chi connectivity index (χ0v) is 18.0. The van der Waals surface area contributed by atoms with E-state index in [-0.39, 0.29) is 11.5 Å². The Kier molecular flexibility index (Phi) is 2.93.